The van der Waals surface area contributed by atoms with Gasteiger partial charge in [0.25, 0.3) is 0 Å². The lowest BCUT2D eigenvalue weighted by Gasteiger charge is -2.35. The van der Waals surface area contributed by atoms with Crippen molar-refractivity contribution >= 4 is 24.0 Å². The van der Waals surface area contributed by atoms with Gasteiger partial charge in [0.15, 0.2) is 0 Å². The van der Waals surface area contributed by atoms with E-state index in [0.717, 1.165) is 24.3 Å². The fourth-order valence-corrected chi connectivity index (χ4v) is 3.14. The molecule has 0 aliphatic heterocycles. The highest BCUT2D eigenvalue weighted by molar-refractivity contribution is 5.92. The maximum absolute atomic E-state index is 12.4. The Kier molecular flexibility index (Phi) is 7.69. The summed E-state index contributed by atoms with van der Waals surface area (Å²) in [6, 6.07) is 7.55. The summed E-state index contributed by atoms with van der Waals surface area (Å²) in [6.45, 7) is 3.11. The second-order valence-electron chi connectivity index (χ2n) is 5.92. The minimum Gasteiger partial charge on any atom is -0.492 e. The number of anilines is 1. The van der Waals surface area contributed by atoms with Crippen molar-refractivity contribution in [2.75, 3.05) is 18.5 Å². The van der Waals surface area contributed by atoms with Crippen LogP contribution in [0.4, 0.5) is 5.69 Å². The van der Waals surface area contributed by atoms with E-state index in [-0.39, 0.29) is 23.7 Å². The summed E-state index contributed by atoms with van der Waals surface area (Å²) >= 11 is 0. The van der Waals surface area contributed by atoms with Gasteiger partial charge in [-0.15, -0.1) is 12.4 Å². The summed E-state index contributed by atoms with van der Waals surface area (Å²) in [4.78, 5) is 12.4. The van der Waals surface area contributed by atoms with Crippen LogP contribution in [-0.2, 0) is 4.79 Å². The topological polar surface area (TPSA) is 64.3 Å². The molecule has 1 aliphatic carbocycles. The zero-order valence-corrected chi connectivity index (χ0v) is 14.1. The Labute approximate surface area is 139 Å². The summed E-state index contributed by atoms with van der Waals surface area (Å²) in [6.07, 6.45) is 6.24. The van der Waals surface area contributed by atoms with Crippen molar-refractivity contribution in [2.45, 2.75) is 45.4 Å². The van der Waals surface area contributed by atoms with Crippen molar-refractivity contribution in [1.29, 1.82) is 0 Å². The summed E-state index contributed by atoms with van der Waals surface area (Å²) in [5, 5.41) is 2.98. The standard InChI is InChI=1S/C17H26N2O2.ClH/c1-2-21-15-9-5-4-8-14(15)19-16(20)12-17(13-18)10-6-3-7-11-17;/h4-5,8-9H,2-3,6-7,10-13,18H2,1H3,(H,19,20);1H. The first-order valence-corrected chi connectivity index (χ1v) is 7.91. The molecule has 1 fully saturated rings. The highest BCUT2D eigenvalue weighted by Gasteiger charge is 2.33. The molecule has 124 valence electrons. The van der Waals surface area contributed by atoms with E-state index in [4.69, 9.17) is 10.5 Å². The fraction of sp³-hybridized carbons (Fsp3) is 0.588. The first-order chi connectivity index (χ1) is 10.2. The number of hydrogen-bond donors (Lipinski definition) is 2. The van der Waals surface area contributed by atoms with E-state index in [0.29, 0.717) is 19.6 Å². The molecule has 0 radical (unpaired) electrons. The number of para-hydroxylation sites is 2. The number of carbonyl (C=O) groups is 1. The number of hydrogen-bond acceptors (Lipinski definition) is 3. The molecule has 1 aromatic rings. The van der Waals surface area contributed by atoms with Gasteiger partial charge in [-0.1, -0.05) is 31.4 Å². The Balaban J connectivity index is 0.00000242. The number of ether oxygens (including phenoxy) is 1. The van der Waals surface area contributed by atoms with E-state index < -0.39 is 0 Å². The number of halogens is 1. The number of nitrogens with one attached hydrogen (secondary N) is 1. The zero-order chi connectivity index (χ0) is 15.1. The highest BCUT2D eigenvalue weighted by atomic mass is 35.5. The number of benzene rings is 1. The van der Waals surface area contributed by atoms with E-state index >= 15 is 0 Å². The lowest BCUT2D eigenvalue weighted by Crippen LogP contribution is -2.36. The Bertz CT molecular complexity index is 473. The van der Waals surface area contributed by atoms with E-state index in [9.17, 15) is 4.79 Å². The first kappa shape index (κ1) is 18.8. The van der Waals surface area contributed by atoms with Crippen molar-refractivity contribution in [1.82, 2.24) is 0 Å². The molecule has 1 aromatic carbocycles. The van der Waals surface area contributed by atoms with Crippen LogP contribution in [0.3, 0.4) is 0 Å². The van der Waals surface area contributed by atoms with Crippen LogP contribution in [0.5, 0.6) is 5.75 Å². The Hall–Kier alpha value is -1.26. The summed E-state index contributed by atoms with van der Waals surface area (Å²) in [7, 11) is 0. The predicted molar refractivity (Wildman–Crippen MR) is 92.7 cm³/mol. The van der Waals surface area contributed by atoms with Crippen molar-refractivity contribution in [3.8, 4) is 5.75 Å². The van der Waals surface area contributed by atoms with Crippen LogP contribution in [-0.4, -0.2) is 19.1 Å². The van der Waals surface area contributed by atoms with Gasteiger partial charge < -0.3 is 15.8 Å². The molecule has 3 N–H and O–H groups in total. The molecule has 0 heterocycles. The quantitative estimate of drug-likeness (QED) is 0.836. The monoisotopic (exact) mass is 326 g/mol. The molecule has 1 saturated carbocycles. The Morgan fingerprint density at radius 3 is 2.59 bits per heavy atom. The van der Waals surface area contributed by atoms with Gasteiger partial charge in [-0.2, -0.15) is 0 Å². The van der Waals surface area contributed by atoms with Gasteiger partial charge in [-0.25, -0.2) is 0 Å². The van der Waals surface area contributed by atoms with Crippen molar-refractivity contribution in [2.24, 2.45) is 11.1 Å². The highest BCUT2D eigenvalue weighted by Crippen LogP contribution is 2.38. The lowest BCUT2D eigenvalue weighted by atomic mass is 9.71. The average molecular weight is 327 g/mol. The van der Waals surface area contributed by atoms with Crippen LogP contribution < -0.4 is 15.8 Å². The molecule has 0 saturated heterocycles. The van der Waals surface area contributed by atoms with Crippen LogP contribution in [0.25, 0.3) is 0 Å². The average Bonchev–Trinajstić information content (AvgIpc) is 2.50. The first-order valence-electron chi connectivity index (χ1n) is 7.91. The molecule has 2 rings (SSSR count). The number of nitrogens with two attached hydrogens (primary N) is 1. The fourth-order valence-electron chi connectivity index (χ4n) is 3.14. The zero-order valence-electron chi connectivity index (χ0n) is 13.3. The number of rotatable bonds is 6. The van der Waals surface area contributed by atoms with Gasteiger partial charge in [-0.3, -0.25) is 4.79 Å². The van der Waals surface area contributed by atoms with Gasteiger partial charge in [0.2, 0.25) is 5.91 Å². The van der Waals surface area contributed by atoms with E-state index in [1.54, 1.807) is 0 Å². The number of amides is 1. The largest absolute Gasteiger partial charge is 0.492 e. The minimum absolute atomic E-state index is 0. The predicted octanol–water partition coefficient (Wildman–Crippen LogP) is 3.74. The molecule has 0 bridgehead atoms. The minimum atomic E-state index is -0.0110. The second kappa shape index (κ2) is 9.01. The Morgan fingerprint density at radius 2 is 1.95 bits per heavy atom. The molecule has 0 atom stereocenters. The van der Waals surface area contributed by atoms with Gasteiger partial charge >= 0.3 is 0 Å². The van der Waals surface area contributed by atoms with E-state index in [1.165, 1.54) is 19.3 Å². The molecule has 4 nitrogen and oxygen atoms in total. The normalized spacial score (nSPS) is 16.5. The smallest absolute Gasteiger partial charge is 0.225 e. The molecule has 1 aliphatic rings. The molecule has 0 unspecified atom stereocenters. The third-order valence-electron chi connectivity index (χ3n) is 4.34. The van der Waals surface area contributed by atoms with E-state index in [2.05, 4.69) is 5.32 Å². The molecule has 1 amide bonds. The number of carbonyl (C=O) groups excluding carboxylic acids is 1. The van der Waals surface area contributed by atoms with Crippen LogP contribution in [0.15, 0.2) is 24.3 Å². The summed E-state index contributed by atoms with van der Waals surface area (Å²) < 4.78 is 5.54. The third-order valence-corrected chi connectivity index (χ3v) is 4.34. The third kappa shape index (κ3) is 4.89. The lowest BCUT2D eigenvalue weighted by molar-refractivity contribution is -0.118. The molecular formula is C17H27ClN2O2. The van der Waals surface area contributed by atoms with Crippen molar-refractivity contribution < 1.29 is 9.53 Å². The van der Waals surface area contributed by atoms with Gasteiger partial charge in [0, 0.05) is 6.42 Å². The van der Waals surface area contributed by atoms with Crippen molar-refractivity contribution in [3.63, 3.8) is 0 Å². The van der Waals surface area contributed by atoms with Gasteiger partial charge in [0.1, 0.15) is 5.75 Å². The van der Waals surface area contributed by atoms with Crippen LogP contribution in [0, 0.1) is 5.41 Å². The summed E-state index contributed by atoms with van der Waals surface area (Å²) in [5.74, 6) is 0.758. The van der Waals surface area contributed by atoms with Crippen LogP contribution >= 0.6 is 12.4 Å². The van der Waals surface area contributed by atoms with Gasteiger partial charge in [-0.05, 0) is 43.9 Å². The molecule has 5 heteroatoms. The molecule has 0 spiro atoms. The molecule has 22 heavy (non-hydrogen) atoms. The maximum Gasteiger partial charge on any atom is 0.225 e. The second-order valence-corrected chi connectivity index (χ2v) is 5.92. The summed E-state index contributed by atoms with van der Waals surface area (Å²) in [5.41, 5.74) is 6.68. The molecular weight excluding hydrogens is 300 g/mol. The van der Waals surface area contributed by atoms with Crippen LogP contribution in [0.2, 0.25) is 0 Å². The molecule has 0 aromatic heterocycles. The SMILES string of the molecule is CCOc1ccccc1NC(=O)CC1(CN)CCCCC1.Cl. The van der Waals surface area contributed by atoms with E-state index in [1.807, 2.05) is 31.2 Å². The van der Waals surface area contributed by atoms with Gasteiger partial charge in [0.05, 0.1) is 12.3 Å². The van der Waals surface area contributed by atoms with Crippen molar-refractivity contribution in [3.05, 3.63) is 24.3 Å². The maximum atomic E-state index is 12.4. The van der Waals surface area contributed by atoms with Crippen LogP contribution in [0.1, 0.15) is 45.4 Å². The Morgan fingerprint density at radius 1 is 1.27 bits per heavy atom.